The maximum atomic E-state index is 12.7. The molecule has 3 rings (SSSR count). The summed E-state index contributed by atoms with van der Waals surface area (Å²) in [6.45, 7) is 2.53. The summed E-state index contributed by atoms with van der Waals surface area (Å²) in [4.78, 5) is 39.4. The van der Waals surface area contributed by atoms with Gasteiger partial charge in [-0.3, -0.25) is 9.59 Å². The fourth-order valence-corrected chi connectivity index (χ4v) is 3.57. The number of carbonyl (C=O) groups excluding carboxylic acids is 3. The minimum absolute atomic E-state index is 0.127. The highest BCUT2D eigenvalue weighted by molar-refractivity contribution is 6.01. The van der Waals surface area contributed by atoms with Crippen LogP contribution in [-0.4, -0.2) is 49.2 Å². The second-order valence-electron chi connectivity index (χ2n) is 6.34. The van der Waals surface area contributed by atoms with Crippen molar-refractivity contribution in [2.75, 3.05) is 25.0 Å². The summed E-state index contributed by atoms with van der Waals surface area (Å²) in [5, 5.41) is 2.60. The highest BCUT2D eigenvalue weighted by Gasteiger charge is 2.36. The topological polar surface area (TPSA) is 69.7 Å². The normalized spacial score (nSPS) is 17.8. The summed E-state index contributed by atoms with van der Waals surface area (Å²) in [5.41, 5.74) is 2.77. The molecule has 128 valence electrons. The van der Waals surface area contributed by atoms with Gasteiger partial charge in [-0.1, -0.05) is 0 Å². The molecule has 0 spiro atoms. The smallest absolute Gasteiger partial charge is 0.255 e. The molecule has 2 aliphatic rings. The lowest BCUT2D eigenvalue weighted by Gasteiger charge is -2.25. The quantitative estimate of drug-likeness (QED) is 0.800. The van der Waals surface area contributed by atoms with Crippen molar-refractivity contribution >= 4 is 23.8 Å². The maximum Gasteiger partial charge on any atom is 0.255 e. The lowest BCUT2D eigenvalue weighted by Crippen LogP contribution is -2.46. The first-order chi connectivity index (χ1) is 11.7. The molecule has 1 unspecified atom stereocenters. The summed E-state index contributed by atoms with van der Waals surface area (Å²) < 4.78 is 0. The number of fused-ring (bicyclic) bond motifs is 1. The Hall–Kier alpha value is -2.37. The lowest BCUT2D eigenvalue weighted by atomic mass is 10.1. The summed E-state index contributed by atoms with van der Waals surface area (Å²) >= 11 is 0. The van der Waals surface area contributed by atoms with E-state index in [1.807, 2.05) is 12.1 Å². The van der Waals surface area contributed by atoms with Crippen LogP contribution in [0.3, 0.4) is 0 Å². The largest absolute Gasteiger partial charge is 0.372 e. The van der Waals surface area contributed by atoms with E-state index in [4.69, 9.17) is 0 Å². The summed E-state index contributed by atoms with van der Waals surface area (Å²) in [5.74, 6) is -0.352. The molecule has 6 heteroatoms. The van der Waals surface area contributed by atoms with Gasteiger partial charge in [0.15, 0.2) is 0 Å². The molecule has 0 aliphatic carbocycles. The van der Waals surface area contributed by atoms with E-state index in [0.29, 0.717) is 18.5 Å². The van der Waals surface area contributed by atoms with Gasteiger partial charge in [0.25, 0.3) is 5.91 Å². The van der Waals surface area contributed by atoms with E-state index >= 15 is 0 Å². The van der Waals surface area contributed by atoms with E-state index in [1.165, 1.54) is 12.8 Å². The van der Waals surface area contributed by atoms with Gasteiger partial charge < -0.3 is 19.9 Å². The molecule has 1 aromatic carbocycles. The minimum atomic E-state index is -0.602. The first kappa shape index (κ1) is 16.5. The third-order valence-corrected chi connectivity index (χ3v) is 4.88. The molecule has 0 bridgehead atoms. The van der Waals surface area contributed by atoms with Crippen LogP contribution in [0.1, 0.15) is 41.6 Å². The van der Waals surface area contributed by atoms with Crippen LogP contribution in [-0.2, 0) is 16.1 Å². The number of hydrogen-bond donors (Lipinski definition) is 1. The first-order valence-corrected chi connectivity index (χ1v) is 8.49. The Labute approximate surface area is 141 Å². The average molecular weight is 329 g/mol. The molecule has 0 aromatic heterocycles. The fraction of sp³-hybridized carbons (Fsp3) is 0.500. The van der Waals surface area contributed by atoms with Gasteiger partial charge in [-0.2, -0.15) is 0 Å². The van der Waals surface area contributed by atoms with Crippen molar-refractivity contribution < 1.29 is 14.4 Å². The van der Waals surface area contributed by atoms with Crippen LogP contribution in [0.5, 0.6) is 0 Å². The number of nitrogens with one attached hydrogen (secondary N) is 1. The predicted octanol–water partition coefficient (Wildman–Crippen LogP) is 1.34. The Morgan fingerprint density at radius 1 is 1.33 bits per heavy atom. The molecule has 2 aliphatic heterocycles. The van der Waals surface area contributed by atoms with Gasteiger partial charge in [-0.25, -0.2) is 0 Å². The standard InChI is InChI=1S/C18H23N3O3/c1-19-17(23)16(5-4-10-22)21-12-13-11-14(20-8-2-3-9-20)6-7-15(13)18(21)24/h6-7,10-11,16H,2-5,8-9,12H2,1H3,(H,19,23). The van der Waals surface area contributed by atoms with Gasteiger partial charge in [0.1, 0.15) is 12.3 Å². The zero-order valence-electron chi connectivity index (χ0n) is 14.0. The summed E-state index contributed by atoms with van der Waals surface area (Å²) in [7, 11) is 1.55. The SMILES string of the molecule is CNC(=O)C(CCC=O)N1Cc2cc(N3CCCC3)ccc2C1=O. The van der Waals surface area contributed by atoms with Crippen molar-refractivity contribution in [1.82, 2.24) is 10.2 Å². The Morgan fingerprint density at radius 3 is 2.75 bits per heavy atom. The number of carbonyl (C=O) groups is 3. The van der Waals surface area contributed by atoms with Crippen molar-refractivity contribution in [3.05, 3.63) is 29.3 Å². The van der Waals surface area contributed by atoms with Gasteiger partial charge >= 0.3 is 0 Å². The zero-order chi connectivity index (χ0) is 17.1. The van der Waals surface area contributed by atoms with Crippen molar-refractivity contribution in [1.29, 1.82) is 0 Å². The van der Waals surface area contributed by atoms with Crippen molar-refractivity contribution in [3.8, 4) is 0 Å². The molecule has 1 N–H and O–H groups in total. The number of hydrogen-bond acceptors (Lipinski definition) is 4. The Morgan fingerprint density at radius 2 is 2.08 bits per heavy atom. The number of amides is 2. The molecule has 24 heavy (non-hydrogen) atoms. The van der Waals surface area contributed by atoms with Gasteiger partial charge in [0.05, 0.1) is 0 Å². The highest BCUT2D eigenvalue weighted by atomic mass is 16.2. The third kappa shape index (κ3) is 3.00. The number of nitrogens with zero attached hydrogens (tertiary/aromatic N) is 2. The van der Waals surface area contributed by atoms with Crippen molar-refractivity contribution in [2.45, 2.75) is 38.3 Å². The second kappa shape index (κ2) is 7.03. The summed E-state index contributed by atoms with van der Waals surface area (Å²) in [6, 6.07) is 5.33. The highest BCUT2D eigenvalue weighted by Crippen LogP contribution is 2.30. The monoisotopic (exact) mass is 329 g/mol. The van der Waals surface area contributed by atoms with Crippen LogP contribution in [0.2, 0.25) is 0 Å². The molecule has 0 saturated carbocycles. The molecule has 2 heterocycles. The van der Waals surface area contributed by atoms with Crippen LogP contribution >= 0.6 is 0 Å². The van der Waals surface area contributed by atoms with Crippen LogP contribution in [0, 0.1) is 0 Å². The number of likely N-dealkylation sites (N-methyl/N-ethyl adjacent to an activating group) is 1. The number of rotatable bonds is 6. The number of benzene rings is 1. The third-order valence-electron chi connectivity index (χ3n) is 4.88. The molecule has 1 atom stereocenters. The predicted molar refractivity (Wildman–Crippen MR) is 90.9 cm³/mol. The minimum Gasteiger partial charge on any atom is -0.372 e. The molecular formula is C18H23N3O3. The van der Waals surface area contributed by atoms with Gasteiger partial charge in [0, 0.05) is 44.4 Å². The molecule has 6 nitrogen and oxygen atoms in total. The summed E-state index contributed by atoms with van der Waals surface area (Å²) in [6.07, 6.45) is 3.80. The average Bonchev–Trinajstić information content (AvgIpc) is 3.24. The maximum absolute atomic E-state index is 12.7. The second-order valence-corrected chi connectivity index (χ2v) is 6.34. The Bertz CT molecular complexity index is 653. The van der Waals surface area contributed by atoms with E-state index in [2.05, 4.69) is 16.3 Å². The van der Waals surface area contributed by atoms with Crippen LogP contribution in [0.4, 0.5) is 5.69 Å². The van der Waals surface area contributed by atoms with Crippen LogP contribution in [0.25, 0.3) is 0 Å². The molecular weight excluding hydrogens is 306 g/mol. The molecule has 1 saturated heterocycles. The van der Waals surface area contributed by atoms with Crippen molar-refractivity contribution in [2.24, 2.45) is 0 Å². The van der Waals surface area contributed by atoms with E-state index < -0.39 is 6.04 Å². The molecule has 2 amide bonds. The number of aldehydes is 1. The van der Waals surface area contributed by atoms with E-state index in [1.54, 1.807) is 11.9 Å². The van der Waals surface area contributed by atoms with E-state index in [9.17, 15) is 14.4 Å². The van der Waals surface area contributed by atoms with E-state index in [0.717, 1.165) is 30.6 Å². The van der Waals surface area contributed by atoms with Gasteiger partial charge in [-0.15, -0.1) is 0 Å². The first-order valence-electron chi connectivity index (χ1n) is 8.49. The van der Waals surface area contributed by atoms with Gasteiger partial charge in [-0.05, 0) is 43.0 Å². The zero-order valence-corrected chi connectivity index (χ0v) is 14.0. The molecule has 0 radical (unpaired) electrons. The van der Waals surface area contributed by atoms with Crippen LogP contribution < -0.4 is 10.2 Å². The molecule has 1 aromatic rings. The fourth-order valence-electron chi connectivity index (χ4n) is 3.57. The molecule has 1 fully saturated rings. The lowest BCUT2D eigenvalue weighted by molar-refractivity contribution is -0.125. The van der Waals surface area contributed by atoms with Crippen molar-refractivity contribution in [3.63, 3.8) is 0 Å². The van der Waals surface area contributed by atoms with Gasteiger partial charge in [0.2, 0.25) is 5.91 Å². The Balaban J connectivity index is 1.82. The van der Waals surface area contributed by atoms with Crippen LogP contribution in [0.15, 0.2) is 18.2 Å². The van der Waals surface area contributed by atoms with E-state index in [-0.39, 0.29) is 18.2 Å². The Kier molecular flexibility index (Phi) is 4.83. The number of anilines is 1.